The van der Waals surface area contributed by atoms with Gasteiger partial charge < -0.3 is 5.32 Å². The van der Waals surface area contributed by atoms with Crippen LogP contribution in [0.2, 0.25) is 0 Å². The summed E-state index contributed by atoms with van der Waals surface area (Å²) in [4.78, 5) is 12.5. The van der Waals surface area contributed by atoms with Crippen LogP contribution in [0.5, 0.6) is 0 Å². The number of benzene rings is 1. The largest absolute Gasteiger partial charge is 0.347 e. The molecule has 2 rings (SSSR count). The fourth-order valence-corrected chi connectivity index (χ4v) is 4.25. The second-order valence-electron chi connectivity index (χ2n) is 6.79. The van der Waals surface area contributed by atoms with Crippen molar-refractivity contribution in [1.29, 1.82) is 0 Å². The third-order valence-corrected chi connectivity index (χ3v) is 6.28. The number of nitrogens with one attached hydrogen (secondary N) is 2. The second-order valence-corrected chi connectivity index (χ2v) is 8.73. The smallest absolute Gasteiger partial charge is 0.272 e. The number of rotatable bonds is 9. The van der Waals surface area contributed by atoms with Crippen LogP contribution < -0.4 is 5.32 Å². The Morgan fingerprint density at radius 1 is 1.19 bits per heavy atom. The van der Waals surface area contributed by atoms with Crippen LogP contribution in [0.15, 0.2) is 35.2 Å². The van der Waals surface area contributed by atoms with E-state index in [-0.39, 0.29) is 10.8 Å². The highest BCUT2D eigenvalue weighted by molar-refractivity contribution is 7.89. The number of H-pyrrole nitrogens is 1. The van der Waals surface area contributed by atoms with E-state index < -0.39 is 10.0 Å². The molecule has 1 amide bonds. The van der Waals surface area contributed by atoms with E-state index in [1.54, 1.807) is 30.3 Å². The van der Waals surface area contributed by atoms with Gasteiger partial charge in [-0.3, -0.25) is 9.89 Å². The van der Waals surface area contributed by atoms with Gasteiger partial charge >= 0.3 is 0 Å². The van der Waals surface area contributed by atoms with Crippen molar-refractivity contribution in [3.05, 3.63) is 47.3 Å². The van der Waals surface area contributed by atoms with Crippen LogP contribution >= 0.6 is 0 Å². The summed E-state index contributed by atoms with van der Waals surface area (Å²) in [5.74, 6) is 0.216. The zero-order valence-electron chi connectivity index (χ0n) is 16.3. The first-order valence-corrected chi connectivity index (χ1v) is 10.6. The Hall–Kier alpha value is -2.19. The molecule has 2 aromatic rings. The molecule has 1 aromatic carbocycles. The summed E-state index contributed by atoms with van der Waals surface area (Å²) in [5, 5.41) is 9.73. The van der Waals surface area contributed by atoms with Crippen molar-refractivity contribution in [1.82, 2.24) is 19.8 Å². The second kappa shape index (κ2) is 9.14. The Bertz CT molecular complexity index is 853. The standard InChI is InChI=1S/C19H28N4O3S/c1-5-23(6-2)27(25,26)17-9-7-15(8-10-17)13-20-19(24)18-12-16(21-22-18)11-14(3)4/h7-10,12,14H,5-6,11,13H2,1-4H3,(H,20,24)(H,21,22). The van der Waals surface area contributed by atoms with Gasteiger partial charge in [-0.25, -0.2) is 8.42 Å². The number of nitrogens with zero attached hydrogens (tertiary/aromatic N) is 2. The summed E-state index contributed by atoms with van der Waals surface area (Å²) in [6.07, 6.45) is 0.836. The summed E-state index contributed by atoms with van der Waals surface area (Å²) < 4.78 is 26.4. The van der Waals surface area contributed by atoms with E-state index in [2.05, 4.69) is 29.4 Å². The number of aromatic amines is 1. The van der Waals surface area contributed by atoms with Crippen LogP contribution in [0.4, 0.5) is 0 Å². The van der Waals surface area contributed by atoms with Crippen molar-refractivity contribution in [2.45, 2.75) is 45.6 Å². The van der Waals surface area contributed by atoms with E-state index in [0.717, 1.165) is 17.7 Å². The van der Waals surface area contributed by atoms with Crippen LogP contribution in [0.1, 0.15) is 49.4 Å². The molecule has 0 unspecified atom stereocenters. The lowest BCUT2D eigenvalue weighted by molar-refractivity contribution is 0.0946. The predicted octanol–water partition coefficient (Wildman–Crippen LogP) is 2.57. The highest BCUT2D eigenvalue weighted by atomic mass is 32.2. The molecule has 0 radical (unpaired) electrons. The number of sulfonamides is 1. The van der Waals surface area contributed by atoms with Crippen LogP contribution in [-0.2, 0) is 23.0 Å². The molecule has 148 valence electrons. The zero-order valence-corrected chi connectivity index (χ0v) is 17.1. The lowest BCUT2D eigenvalue weighted by Gasteiger charge is -2.18. The SMILES string of the molecule is CCN(CC)S(=O)(=O)c1ccc(CNC(=O)c2cc(CC(C)C)[nH]n2)cc1. The van der Waals surface area contributed by atoms with E-state index >= 15 is 0 Å². The van der Waals surface area contributed by atoms with Gasteiger partial charge in [0.1, 0.15) is 5.69 Å². The van der Waals surface area contributed by atoms with E-state index in [1.807, 2.05) is 13.8 Å². The summed E-state index contributed by atoms with van der Waals surface area (Å²) in [6, 6.07) is 8.33. The van der Waals surface area contributed by atoms with Crippen molar-refractivity contribution >= 4 is 15.9 Å². The fraction of sp³-hybridized carbons (Fsp3) is 0.474. The summed E-state index contributed by atoms with van der Waals surface area (Å²) >= 11 is 0. The lowest BCUT2D eigenvalue weighted by atomic mass is 10.1. The molecule has 1 aromatic heterocycles. The molecule has 0 bridgehead atoms. The molecule has 0 aliphatic carbocycles. The number of aromatic nitrogens is 2. The zero-order chi connectivity index (χ0) is 20.0. The maximum absolute atomic E-state index is 12.5. The molecular formula is C19H28N4O3S. The molecule has 0 saturated carbocycles. The van der Waals surface area contributed by atoms with Crippen molar-refractivity contribution < 1.29 is 13.2 Å². The van der Waals surface area contributed by atoms with Crippen LogP contribution in [-0.4, -0.2) is 41.9 Å². The van der Waals surface area contributed by atoms with Gasteiger partial charge in [-0.1, -0.05) is 39.8 Å². The van der Waals surface area contributed by atoms with Gasteiger partial charge in [-0.2, -0.15) is 9.40 Å². The Labute approximate surface area is 161 Å². The molecule has 7 nitrogen and oxygen atoms in total. The van der Waals surface area contributed by atoms with E-state index in [0.29, 0.717) is 31.2 Å². The summed E-state index contributed by atoms with van der Waals surface area (Å²) in [6.45, 7) is 8.99. The summed E-state index contributed by atoms with van der Waals surface area (Å²) in [7, 11) is -3.47. The average molecular weight is 393 g/mol. The number of amides is 1. The Balaban J connectivity index is 1.99. The maximum atomic E-state index is 12.5. The highest BCUT2D eigenvalue weighted by Crippen LogP contribution is 2.16. The normalized spacial score (nSPS) is 11.9. The van der Waals surface area contributed by atoms with Crippen LogP contribution in [0, 0.1) is 5.92 Å². The van der Waals surface area contributed by atoms with Crippen LogP contribution in [0.25, 0.3) is 0 Å². The predicted molar refractivity (Wildman–Crippen MR) is 105 cm³/mol. The van der Waals surface area contributed by atoms with Crippen molar-refractivity contribution in [2.75, 3.05) is 13.1 Å². The van der Waals surface area contributed by atoms with Gasteiger partial charge in [0.05, 0.1) is 4.90 Å². The molecular weight excluding hydrogens is 364 g/mol. The van der Waals surface area contributed by atoms with Crippen molar-refractivity contribution in [3.63, 3.8) is 0 Å². The van der Waals surface area contributed by atoms with Gasteiger partial charge in [0.2, 0.25) is 10.0 Å². The van der Waals surface area contributed by atoms with Crippen molar-refractivity contribution in [3.8, 4) is 0 Å². The topological polar surface area (TPSA) is 95.2 Å². The molecule has 0 aliphatic rings. The lowest BCUT2D eigenvalue weighted by Crippen LogP contribution is -2.30. The molecule has 2 N–H and O–H groups in total. The molecule has 0 atom stereocenters. The monoisotopic (exact) mass is 392 g/mol. The van der Waals surface area contributed by atoms with Crippen LogP contribution in [0.3, 0.4) is 0 Å². The molecule has 0 saturated heterocycles. The highest BCUT2D eigenvalue weighted by Gasteiger charge is 2.21. The minimum absolute atomic E-state index is 0.256. The third kappa shape index (κ3) is 5.40. The molecule has 8 heteroatoms. The Kier molecular flexibility index (Phi) is 7.15. The summed E-state index contributed by atoms with van der Waals surface area (Å²) in [5.41, 5.74) is 2.10. The maximum Gasteiger partial charge on any atom is 0.272 e. The number of carbonyl (C=O) groups is 1. The van der Waals surface area contributed by atoms with E-state index in [4.69, 9.17) is 0 Å². The number of hydrogen-bond donors (Lipinski definition) is 2. The fourth-order valence-electron chi connectivity index (χ4n) is 2.79. The quantitative estimate of drug-likeness (QED) is 0.686. The molecule has 0 spiro atoms. The van der Waals surface area contributed by atoms with Gasteiger partial charge in [-0.05, 0) is 36.1 Å². The van der Waals surface area contributed by atoms with Gasteiger partial charge in [0.25, 0.3) is 5.91 Å². The van der Waals surface area contributed by atoms with Crippen molar-refractivity contribution in [2.24, 2.45) is 5.92 Å². The Morgan fingerprint density at radius 2 is 1.81 bits per heavy atom. The number of hydrogen-bond acceptors (Lipinski definition) is 4. The minimum Gasteiger partial charge on any atom is -0.347 e. The first-order valence-electron chi connectivity index (χ1n) is 9.19. The first kappa shape index (κ1) is 21.1. The van der Waals surface area contributed by atoms with Gasteiger partial charge in [0.15, 0.2) is 0 Å². The molecule has 0 aliphatic heterocycles. The molecule has 0 fully saturated rings. The van der Waals surface area contributed by atoms with Gasteiger partial charge in [0, 0.05) is 25.3 Å². The minimum atomic E-state index is -3.47. The van der Waals surface area contributed by atoms with Gasteiger partial charge in [-0.15, -0.1) is 0 Å². The molecule has 1 heterocycles. The van der Waals surface area contributed by atoms with E-state index in [9.17, 15) is 13.2 Å². The van der Waals surface area contributed by atoms with E-state index in [1.165, 1.54) is 4.31 Å². The Morgan fingerprint density at radius 3 is 2.37 bits per heavy atom. The third-order valence-electron chi connectivity index (χ3n) is 4.21. The molecule has 27 heavy (non-hydrogen) atoms. The number of carbonyl (C=O) groups excluding carboxylic acids is 1. The first-order chi connectivity index (χ1) is 12.8. The average Bonchev–Trinajstić information content (AvgIpc) is 3.08.